The molecule has 0 saturated carbocycles. The van der Waals surface area contributed by atoms with Crippen molar-refractivity contribution in [3.05, 3.63) is 0 Å². The van der Waals surface area contributed by atoms with E-state index in [4.69, 9.17) is 10.2 Å². The lowest BCUT2D eigenvalue weighted by molar-refractivity contribution is 0.0977. The zero-order valence-electron chi connectivity index (χ0n) is 6.88. The van der Waals surface area contributed by atoms with Gasteiger partial charge in [0.2, 0.25) is 0 Å². The van der Waals surface area contributed by atoms with Crippen molar-refractivity contribution in [1.82, 2.24) is 16.0 Å². The molecule has 0 amide bonds. The Balaban J connectivity index is 3.25. The van der Waals surface area contributed by atoms with Crippen LogP contribution in [0.25, 0.3) is 0 Å². The highest BCUT2D eigenvalue weighted by molar-refractivity contribution is 4.42. The van der Waals surface area contributed by atoms with Crippen LogP contribution in [0, 0.1) is 0 Å². The Bertz CT molecular complexity index is 74.2. The van der Waals surface area contributed by atoms with Crippen LogP contribution in [0.2, 0.25) is 0 Å². The molecule has 0 aromatic carbocycles. The van der Waals surface area contributed by atoms with Crippen molar-refractivity contribution in [1.29, 1.82) is 0 Å². The number of nitrogens with one attached hydrogen (secondary N) is 2. The Morgan fingerprint density at radius 2 is 1.55 bits per heavy atom. The molecule has 0 aliphatic heterocycles. The maximum absolute atomic E-state index is 8.47. The molecular formula is C6H17N3O2. The molecule has 68 valence electrons. The Hall–Kier alpha value is -0.200. The van der Waals surface area contributed by atoms with Gasteiger partial charge in [-0.25, -0.2) is 10.9 Å². The van der Waals surface area contributed by atoms with E-state index < -0.39 is 0 Å². The number of aliphatic hydroxyl groups excluding tert-OH is 2. The van der Waals surface area contributed by atoms with Gasteiger partial charge < -0.3 is 10.2 Å². The van der Waals surface area contributed by atoms with E-state index in [0.717, 1.165) is 6.54 Å². The Morgan fingerprint density at radius 3 is 1.82 bits per heavy atom. The summed E-state index contributed by atoms with van der Waals surface area (Å²) in [6.07, 6.45) is 0. The van der Waals surface area contributed by atoms with Crippen LogP contribution >= 0.6 is 0 Å². The summed E-state index contributed by atoms with van der Waals surface area (Å²) in [6, 6.07) is 0. The van der Waals surface area contributed by atoms with E-state index in [9.17, 15) is 0 Å². The standard InChI is InChI=1S/C6H17N3O2/c1-2-9(7-3-5-10)8-4-6-11/h7-8,10-11H,2-6H2,1H3. The average molecular weight is 163 g/mol. The predicted molar refractivity (Wildman–Crippen MR) is 42.6 cm³/mol. The topological polar surface area (TPSA) is 67.8 Å². The largest absolute Gasteiger partial charge is 0.395 e. The zero-order valence-corrected chi connectivity index (χ0v) is 6.88. The van der Waals surface area contributed by atoms with Crippen LogP contribution in [-0.2, 0) is 0 Å². The van der Waals surface area contributed by atoms with Crippen molar-refractivity contribution in [2.75, 3.05) is 32.8 Å². The monoisotopic (exact) mass is 163 g/mol. The Kier molecular flexibility index (Phi) is 7.76. The van der Waals surface area contributed by atoms with Crippen LogP contribution in [0.5, 0.6) is 0 Å². The normalized spacial score (nSPS) is 10.9. The smallest absolute Gasteiger partial charge is 0.0570 e. The highest BCUT2D eigenvalue weighted by Gasteiger charge is 1.96. The summed E-state index contributed by atoms with van der Waals surface area (Å²) >= 11 is 0. The van der Waals surface area contributed by atoms with E-state index >= 15 is 0 Å². The molecule has 0 aromatic heterocycles. The molecule has 0 atom stereocenters. The SMILES string of the molecule is CCN(NCCO)NCCO. The summed E-state index contributed by atoms with van der Waals surface area (Å²) in [5, 5.41) is 18.7. The van der Waals surface area contributed by atoms with Crippen LogP contribution in [0.3, 0.4) is 0 Å². The fraction of sp³-hybridized carbons (Fsp3) is 1.00. The number of hydrogen-bond acceptors (Lipinski definition) is 5. The molecule has 0 spiro atoms. The summed E-state index contributed by atoms with van der Waals surface area (Å²) in [6.45, 7) is 4.00. The highest BCUT2D eigenvalue weighted by atomic mass is 16.3. The van der Waals surface area contributed by atoms with Crippen LogP contribution in [0.4, 0.5) is 0 Å². The number of aliphatic hydroxyl groups is 2. The third-order valence-electron chi connectivity index (χ3n) is 1.15. The molecule has 0 bridgehead atoms. The first-order valence-corrected chi connectivity index (χ1v) is 3.81. The minimum absolute atomic E-state index is 0.108. The van der Waals surface area contributed by atoms with Crippen molar-refractivity contribution in [3.8, 4) is 0 Å². The van der Waals surface area contributed by atoms with Gasteiger partial charge in [-0.15, -0.1) is 0 Å². The molecule has 0 radical (unpaired) electrons. The third kappa shape index (κ3) is 6.21. The molecule has 0 heterocycles. The first kappa shape index (κ1) is 10.8. The van der Waals surface area contributed by atoms with Crippen LogP contribution in [0.15, 0.2) is 0 Å². The molecule has 0 aromatic rings. The second-order valence-corrected chi connectivity index (χ2v) is 2.01. The second kappa shape index (κ2) is 7.90. The quantitative estimate of drug-likeness (QED) is 0.337. The molecule has 5 nitrogen and oxygen atoms in total. The molecule has 0 unspecified atom stereocenters. The number of hydrazine groups is 2. The lowest BCUT2D eigenvalue weighted by atomic mass is 10.7. The van der Waals surface area contributed by atoms with Gasteiger partial charge in [-0.1, -0.05) is 0 Å². The summed E-state index contributed by atoms with van der Waals surface area (Å²) in [7, 11) is 0. The van der Waals surface area contributed by atoms with Gasteiger partial charge in [-0.2, -0.15) is 5.12 Å². The first-order valence-electron chi connectivity index (χ1n) is 3.81. The van der Waals surface area contributed by atoms with E-state index in [0.29, 0.717) is 13.1 Å². The number of rotatable bonds is 7. The van der Waals surface area contributed by atoms with E-state index in [-0.39, 0.29) is 13.2 Å². The molecule has 5 heteroatoms. The minimum Gasteiger partial charge on any atom is -0.395 e. The lowest BCUT2D eigenvalue weighted by Gasteiger charge is -2.21. The van der Waals surface area contributed by atoms with E-state index in [2.05, 4.69) is 10.9 Å². The fourth-order valence-electron chi connectivity index (χ4n) is 0.649. The first-order chi connectivity index (χ1) is 5.35. The maximum Gasteiger partial charge on any atom is 0.0570 e. The van der Waals surface area contributed by atoms with Crippen molar-refractivity contribution < 1.29 is 10.2 Å². The van der Waals surface area contributed by atoms with Gasteiger partial charge >= 0.3 is 0 Å². The average Bonchev–Trinajstić information content (AvgIpc) is 2.05. The van der Waals surface area contributed by atoms with Gasteiger partial charge in [0.15, 0.2) is 0 Å². The van der Waals surface area contributed by atoms with Gasteiger partial charge in [-0.3, -0.25) is 0 Å². The number of nitrogens with zero attached hydrogens (tertiary/aromatic N) is 1. The molecule has 4 N–H and O–H groups in total. The molecule has 11 heavy (non-hydrogen) atoms. The van der Waals surface area contributed by atoms with Crippen molar-refractivity contribution >= 4 is 0 Å². The fourth-order valence-corrected chi connectivity index (χ4v) is 0.649. The summed E-state index contributed by atoms with van der Waals surface area (Å²) < 4.78 is 0. The molecule has 0 aliphatic rings. The van der Waals surface area contributed by atoms with Gasteiger partial charge in [0, 0.05) is 19.6 Å². The van der Waals surface area contributed by atoms with Gasteiger partial charge in [-0.05, 0) is 6.92 Å². The van der Waals surface area contributed by atoms with Crippen LogP contribution in [-0.4, -0.2) is 48.2 Å². The van der Waals surface area contributed by atoms with Gasteiger partial charge in [0.05, 0.1) is 13.2 Å². The molecule has 0 rings (SSSR count). The van der Waals surface area contributed by atoms with Crippen LogP contribution < -0.4 is 10.9 Å². The predicted octanol–water partition coefficient (Wildman–Crippen LogP) is -1.70. The Morgan fingerprint density at radius 1 is 1.09 bits per heavy atom. The minimum atomic E-state index is 0.108. The molecule has 0 fully saturated rings. The van der Waals surface area contributed by atoms with Crippen molar-refractivity contribution in [2.24, 2.45) is 0 Å². The maximum atomic E-state index is 8.47. The van der Waals surface area contributed by atoms with E-state index in [1.165, 1.54) is 0 Å². The molecule has 0 saturated heterocycles. The molecule has 0 aliphatic carbocycles. The summed E-state index contributed by atoms with van der Waals surface area (Å²) in [5.74, 6) is 0. The molecular weight excluding hydrogens is 146 g/mol. The van der Waals surface area contributed by atoms with Gasteiger partial charge in [0.1, 0.15) is 0 Å². The summed E-state index contributed by atoms with van der Waals surface area (Å²) in [4.78, 5) is 0. The summed E-state index contributed by atoms with van der Waals surface area (Å²) in [5.41, 5.74) is 5.83. The van der Waals surface area contributed by atoms with Crippen molar-refractivity contribution in [3.63, 3.8) is 0 Å². The van der Waals surface area contributed by atoms with E-state index in [1.54, 1.807) is 5.12 Å². The second-order valence-electron chi connectivity index (χ2n) is 2.01. The van der Waals surface area contributed by atoms with E-state index in [1.807, 2.05) is 6.92 Å². The number of hydrogen-bond donors (Lipinski definition) is 4. The zero-order chi connectivity index (χ0) is 8.53. The van der Waals surface area contributed by atoms with Gasteiger partial charge in [0.25, 0.3) is 0 Å². The van der Waals surface area contributed by atoms with Crippen LogP contribution in [0.1, 0.15) is 6.92 Å². The third-order valence-corrected chi connectivity index (χ3v) is 1.15. The van der Waals surface area contributed by atoms with Crippen molar-refractivity contribution in [2.45, 2.75) is 6.92 Å². The highest BCUT2D eigenvalue weighted by Crippen LogP contribution is 1.72. The Labute approximate surface area is 67.0 Å². The lowest BCUT2D eigenvalue weighted by Crippen LogP contribution is -2.49.